The van der Waals surface area contributed by atoms with Crippen LogP contribution in [0.25, 0.3) is 0 Å². The number of aliphatic carboxylic acids is 1. The van der Waals surface area contributed by atoms with Crippen LogP contribution in [0.4, 0.5) is 13.2 Å². The topological polar surface area (TPSA) is 89.0 Å². The van der Waals surface area contributed by atoms with E-state index >= 15 is 0 Å². The van der Waals surface area contributed by atoms with Gasteiger partial charge in [-0.15, -0.1) is 6.58 Å². The fraction of sp³-hybridized carbons (Fsp3) is 0.526. The highest BCUT2D eigenvalue weighted by atomic mass is 19.4. The third-order valence-electron chi connectivity index (χ3n) is 4.57. The molecule has 2 fully saturated rings. The Labute approximate surface area is 166 Å². The molecule has 1 aliphatic heterocycles. The molecule has 0 bridgehead atoms. The number of hydrogen-bond donors (Lipinski definition) is 1. The van der Waals surface area contributed by atoms with Gasteiger partial charge in [-0.05, 0) is 31.9 Å². The number of hydrogen-bond acceptors (Lipinski definition) is 5. The van der Waals surface area contributed by atoms with Crippen molar-refractivity contribution in [1.29, 1.82) is 0 Å². The molecule has 1 saturated heterocycles. The van der Waals surface area contributed by atoms with Crippen LogP contribution in [-0.2, 0) is 14.3 Å². The number of amides is 1. The van der Waals surface area contributed by atoms with E-state index in [2.05, 4.69) is 11.6 Å². The molecule has 0 aromatic carbocycles. The average Bonchev–Trinajstić information content (AvgIpc) is 3.08. The number of aryl methyl sites for hydroxylation is 1. The number of alkyl halides is 3. The van der Waals surface area contributed by atoms with Crippen molar-refractivity contribution < 1.29 is 37.3 Å². The second kappa shape index (κ2) is 9.84. The first-order valence-corrected chi connectivity index (χ1v) is 9.04. The molecule has 0 radical (unpaired) electrons. The van der Waals surface area contributed by atoms with Gasteiger partial charge in [-0.2, -0.15) is 13.2 Å². The van der Waals surface area contributed by atoms with Gasteiger partial charge in [0.1, 0.15) is 11.8 Å². The van der Waals surface area contributed by atoms with E-state index in [1.807, 2.05) is 24.0 Å². The Kier molecular flexibility index (Phi) is 7.74. The van der Waals surface area contributed by atoms with Crippen molar-refractivity contribution in [3.05, 3.63) is 42.2 Å². The number of pyridine rings is 1. The van der Waals surface area contributed by atoms with Gasteiger partial charge in [0.25, 0.3) is 5.91 Å². The van der Waals surface area contributed by atoms with E-state index in [9.17, 15) is 18.0 Å². The summed E-state index contributed by atoms with van der Waals surface area (Å²) in [6.07, 6.45) is -1.51. The zero-order valence-corrected chi connectivity index (χ0v) is 15.9. The van der Waals surface area contributed by atoms with Gasteiger partial charge in [0.2, 0.25) is 0 Å². The fourth-order valence-electron chi connectivity index (χ4n) is 3.35. The van der Waals surface area contributed by atoms with Crippen LogP contribution in [0.1, 0.15) is 29.0 Å². The molecule has 0 unspecified atom stereocenters. The molecule has 1 amide bonds. The van der Waals surface area contributed by atoms with Crippen LogP contribution in [0.15, 0.2) is 30.9 Å². The van der Waals surface area contributed by atoms with E-state index in [0.29, 0.717) is 25.5 Å². The first-order chi connectivity index (χ1) is 13.6. The van der Waals surface area contributed by atoms with E-state index in [1.165, 1.54) is 0 Å². The van der Waals surface area contributed by atoms with E-state index in [4.69, 9.17) is 19.4 Å². The van der Waals surface area contributed by atoms with Crippen molar-refractivity contribution in [1.82, 2.24) is 9.88 Å². The van der Waals surface area contributed by atoms with E-state index in [1.54, 1.807) is 12.1 Å². The zero-order valence-electron chi connectivity index (χ0n) is 15.9. The van der Waals surface area contributed by atoms with Gasteiger partial charge in [-0.1, -0.05) is 12.1 Å². The maximum absolute atomic E-state index is 12.8. The molecule has 0 spiro atoms. The van der Waals surface area contributed by atoms with Crippen molar-refractivity contribution in [3.8, 4) is 0 Å². The third-order valence-corrected chi connectivity index (χ3v) is 4.57. The number of carboxylic acid groups (broad SMARTS) is 1. The lowest BCUT2D eigenvalue weighted by molar-refractivity contribution is -0.192. The van der Waals surface area contributed by atoms with Gasteiger partial charge in [-0.3, -0.25) is 4.79 Å². The largest absolute Gasteiger partial charge is 0.490 e. The highest BCUT2D eigenvalue weighted by molar-refractivity contribution is 5.92. The van der Waals surface area contributed by atoms with Crippen LogP contribution in [0.5, 0.6) is 0 Å². The maximum Gasteiger partial charge on any atom is 0.490 e. The van der Waals surface area contributed by atoms with Crippen molar-refractivity contribution in [3.63, 3.8) is 0 Å². The van der Waals surface area contributed by atoms with Crippen LogP contribution in [0.2, 0.25) is 0 Å². The number of carbonyl (C=O) groups excluding carboxylic acids is 1. The summed E-state index contributed by atoms with van der Waals surface area (Å²) in [4.78, 5) is 27.9. The standard InChI is InChI=1S/C17H22N2O3.C2HF3O2/c1-3-10-21-15-8-7-14-16(15)22-11-9-19(14)17(20)13-6-4-5-12(2)18-13;3-2(4,5)1(6)7/h3-6,14-16H,1,7-11H2,2H3;(H,6,7)/t14-,15+,16+;/m0./s1. The second-order valence-corrected chi connectivity index (χ2v) is 6.61. The molecule has 7 nitrogen and oxygen atoms in total. The highest BCUT2D eigenvalue weighted by Crippen LogP contribution is 2.32. The van der Waals surface area contributed by atoms with Gasteiger partial charge in [0.15, 0.2) is 0 Å². The number of morpholine rings is 1. The van der Waals surface area contributed by atoms with Gasteiger partial charge in [0.05, 0.1) is 25.4 Å². The molecule has 2 heterocycles. The summed E-state index contributed by atoms with van der Waals surface area (Å²) in [6, 6.07) is 5.63. The number of ether oxygens (including phenoxy) is 2. The number of carboxylic acids is 1. The average molecular weight is 416 g/mol. The molecular weight excluding hydrogens is 393 g/mol. The predicted molar refractivity (Wildman–Crippen MR) is 96.4 cm³/mol. The summed E-state index contributed by atoms with van der Waals surface area (Å²) in [7, 11) is 0. The van der Waals surface area contributed by atoms with Crippen LogP contribution in [-0.4, -0.2) is 71.1 Å². The van der Waals surface area contributed by atoms with Gasteiger partial charge >= 0.3 is 12.1 Å². The predicted octanol–water partition coefficient (Wildman–Crippen LogP) is 2.60. The summed E-state index contributed by atoms with van der Waals surface area (Å²) < 4.78 is 43.4. The van der Waals surface area contributed by atoms with Gasteiger partial charge < -0.3 is 19.5 Å². The summed E-state index contributed by atoms with van der Waals surface area (Å²) in [5, 5.41) is 7.12. The first-order valence-electron chi connectivity index (χ1n) is 9.04. The molecule has 1 aliphatic carbocycles. The number of rotatable bonds is 4. The molecule has 1 N–H and O–H groups in total. The summed E-state index contributed by atoms with van der Waals surface area (Å²) in [5.74, 6) is -2.76. The molecule has 29 heavy (non-hydrogen) atoms. The van der Waals surface area contributed by atoms with Crippen molar-refractivity contribution in [2.45, 2.75) is 44.2 Å². The Morgan fingerprint density at radius 2 is 2.10 bits per heavy atom. The number of aromatic nitrogens is 1. The van der Waals surface area contributed by atoms with Crippen LogP contribution >= 0.6 is 0 Å². The minimum Gasteiger partial charge on any atom is -0.475 e. The minimum absolute atomic E-state index is 0.00799. The summed E-state index contributed by atoms with van der Waals surface area (Å²) >= 11 is 0. The SMILES string of the molecule is C=CCO[C@@H]1CC[C@H]2[C@H]1OCCN2C(=O)c1cccc(C)n1.O=C(O)C(F)(F)F. The lowest BCUT2D eigenvalue weighted by Crippen LogP contribution is -2.54. The molecule has 2 aliphatic rings. The molecule has 3 atom stereocenters. The molecule has 3 rings (SSSR count). The minimum atomic E-state index is -5.08. The monoisotopic (exact) mass is 416 g/mol. The molecular formula is C19H23F3N2O5. The van der Waals surface area contributed by atoms with E-state index < -0.39 is 12.1 Å². The zero-order chi connectivity index (χ0) is 21.6. The number of fused-ring (bicyclic) bond motifs is 1. The highest BCUT2D eigenvalue weighted by Gasteiger charge is 2.45. The Balaban J connectivity index is 0.000000370. The van der Waals surface area contributed by atoms with Crippen LogP contribution < -0.4 is 0 Å². The first kappa shape index (κ1) is 22.8. The molecule has 160 valence electrons. The quantitative estimate of drug-likeness (QED) is 0.759. The molecule has 1 saturated carbocycles. The van der Waals surface area contributed by atoms with Crippen molar-refractivity contribution >= 4 is 11.9 Å². The molecule has 1 aromatic heterocycles. The lowest BCUT2D eigenvalue weighted by atomic mass is 10.1. The number of halogens is 3. The normalized spacial score (nSPS) is 23.6. The summed E-state index contributed by atoms with van der Waals surface area (Å²) in [5.41, 5.74) is 1.37. The van der Waals surface area contributed by atoms with Crippen LogP contribution in [0.3, 0.4) is 0 Å². The van der Waals surface area contributed by atoms with Crippen molar-refractivity contribution in [2.75, 3.05) is 19.8 Å². The van der Waals surface area contributed by atoms with Crippen molar-refractivity contribution in [2.24, 2.45) is 0 Å². The van der Waals surface area contributed by atoms with Gasteiger partial charge in [-0.25, -0.2) is 9.78 Å². The molecule has 10 heteroatoms. The van der Waals surface area contributed by atoms with E-state index in [-0.39, 0.29) is 24.2 Å². The third kappa shape index (κ3) is 6.01. The second-order valence-electron chi connectivity index (χ2n) is 6.61. The van der Waals surface area contributed by atoms with Crippen LogP contribution in [0, 0.1) is 6.92 Å². The molecule has 1 aromatic rings. The van der Waals surface area contributed by atoms with Gasteiger partial charge in [0, 0.05) is 12.2 Å². The Bertz CT molecular complexity index is 741. The Morgan fingerprint density at radius 3 is 2.69 bits per heavy atom. The summed E-state index contributed by atoms with van der Waals surface area (Å²) in [6.45, 7) is 7.26. The maximum atomic E-state index is 12.8. The fourth-order valence-corrected chi connectivity index (χ4v) is 3.35. The number of carbonyl (C=O) groups is 2. The smallest absolute Gasteiger partial charge is 0.475 e. The lowest BCUT2D eigenvalue weighted by Gasteiger charge is -2.38. The Morgan fingerprint density at radius 1 is 1.41 bits per heavy atom. The Hall–Kier alpha value is -2.46. The number of nitrogens with zero attached hydrogens (tertiary/aromatic N) is 2. The van der Waals surface area contributed by atoms with E-state index in [0.717, 1.165) is 18.5 Å².